The number of hydrogen-bond donors (Lipinski definition) is 2. The van der Waals surface area contributed by atoms with Gasteiger partial charge in [0.2, 0.25) is 0 Å². The summed E-state index contributed by atoms with van der Waals surface area (Å²) in [7, 11) is 0. The number of ether oxygens (including phenoxy) is 1. The molecular formula is C15H26N2O4. The molecule has 0 radical (unpaired) electrons. The summed E-state index contributed by atoms with van der Waals surface area (Å²) < 4.78 is 5.65. The molecule has 1 aliphatic heterocycles. The Kier molecular flexibility index (Phi) is 4.19. The van der Waals surface area contributed by atoms with Crippen LogP contribution in [0, 0.1) is 5.41 Å². The summed E-state index contributed by atoms with van der Waals surface area (Å²) in [5.41, 5.74) is -1.21. The molecule has 0 aromatic carbocycles. The summed E-state index contributed by atoms with van der Waals surface area (Å²) in [5.74, 6) is -0.935. The van der Waals surface area contributed by atoms with Crippen LogP contribution in [0.5, 0.6) is 0 Å². The van der Waals surface area contributed by atoms with Gasteiger partial charge in [0.05, 0.1) is 6.10 Å². The minimum Gasteiger partial charge on any atom is -0.480 e. The summed E-state index contributed by atoms with van der Waals surface area (Å²) in [6, 6.07) is -0.245. The maximum absolute atomic E-state index is 12.4. The normalized spacial score (nSPS) is 34.4. The molecule has 3 unspecified atom stereocenters. The van der Waals surface area contributed by atoms with E-state index in [1.165, 1.54) is 4.90 Å². The standard InChI is InChI=1S/C15H26N2O4/c1-5-21-11-9-10(14(11,2)3)16-13(20)17-8-6-7-15(17,4)12(18)19/h10-11H,5-9H2,1-4H3,(H,16,20)(H,18,19). The Hall–Kier alpha value is -1.30. The first kappa shape index (κ1) is 16.1. The Morgan fingerprint density at radius 2 is 2.05 bits per heavy atom. The Bertz CT molecular complexity index is 437. The van der Waals surface area contributed by atoms with E-state index in [0.717, 1.165) is 12.8 Å². The average Bonchev–Trinajstić information content (AvgIpc) is 2.81. The Morgan fingerprint density at radius 1 is 1.38 bits per heavy atom. The van der Waals surface area contributed by atoms with E-state index in [-0.39, 0.29) is 23.6 Å². The molecule has 2 amide bonds. The van der Waals surface area contributed by atoms with Crippen molar-refractivity contribution in [1.82, 2.24) is 10.2 Å². The van der Waals surface area contributed by atoms with Crippen molar-refractivity contribution in [2.24, 2.45) is 5.41 Å². The van der Waals surface area contributed by atoms with Crippen LogP contribution in [0.25, 0.3) is 0 Å². The van der Waals surface area contributed by atoms with Crippen LogP contribution in [-0.4, -0.2) is 52.8 Å². The molecule has 6 heteroatoms. The van der Waals surface area contributed by atoms with Crippen LogP contribution in [0.3, 0.4) is 0 Å². The zero-order valence-corrected chi connectivity index (χ0v) is 13.3. The van der Waals surface area contributed by atoms with Gasteiger partial charge in [-0.15, -0.1) is 0 Å². The van der Waals surface area contributed by atoms with Crippen LogP contribution < -0.4 is 5.32 Å². The van der Waals surface area contributed by atoms with Gasteiger partial charge in [0.1, 0.15) is 5.54 Å². The zero-order valence-electron chi connectivity index (χ0n) is 13.3. The van der Waals surface area contributed by atoms with Gasteiger partial charge in [-0.1, -0.05) is 13.8 Å². The van der Waals surface area contributed by atoms with Crippen LogP contribution in [0.15, 0.2) is 0 Å². The van der Waals surface area contributed by atoms with Gasteiger partial charge in [-0.05, 0) is 33.1 Å². The van der Waals surface area contributed by atoms with Crippen molar-refractivity contribution >= 4 is 12.0 Å². The fourth-order valence-corrected chi connectivity index (χ4v) is 3.35. The fraction of sp³-hybridized carbons (Fsp3) is 0.867. The van der Waals surface area contributed by atoms with Gasteiger partial charge in [-0.2, -0.15) is 0 Å². The second-order valence-electron chi connectivity index (χ2n) is 6.84. The SMILES string of the molecule is CCOC1CC(NC(=O)N2CCCC2(C)C(=O)O)C1(C)C. The highest BCUT2D eigenvalue weighted by molar-refractivity contribution is 5.86. The van der Waals surface area contributed by atoms with Crippen molar-refractivity contribution in [3.8, 4) is 0 Å². The summed E-state index contributed by atoms with van der Waals surface area (Å²) in [6.07, 6.45) is 2.17. The number of urea groups is 1. The lowest BCUT2D eigenvalue weighted by Crippen LogP contribution is -2.65. The number of carboxylic acids is 1. The number of carboxylic acid groups (broad SMARTS) is 1. The van der Waals surface area contributed by atoms with Gasteiger partial charge in [-0.3, -0.25) is 0 Å². The maximum Gasteiger partial charge on any atom is 0.329 e. The average molecular weight is 298 g/mol. The molecule has 3 atom stereocenters. The Labute approximate surface area is 125 Å². The van der Waals surface area contributed by atoms with Gasteiger partial charge in [0.25, 0.3) is 0 Å². The van der Waals surface area contributed by atoms with E-state index < -0.39 is 11.5 Å². The van der Waals surface area contributed by atoms with Gasteiger partial charge in [0.15, 0.2) is 0 Å². The molecule has 1 heterocycles. The van der Waals surface area contributed by atoms with Crippen molar-refractivity contribution < 1.29 is 19.4 Å². The van der Waals surface area contributed by atoms with Crippen molar-refractivity contribution in [1.29, 1.82) is 0 Å². The number of carbonyl (C=O) groups excluding carboxylic acids is 1. The minimum atomic E-state index is -1.09. The molecule has 2 N–H and O–H groups in total. The third-order valence-corrected chi connectivity index (χ3v) is 5.19. The molecule has 120 valence electrons. The molecule has 0 spiro atoms. The molecule has 21 heavy (non-hydrogen) atoms. The number of aliphatic carboxylic acids is 1. The zero-order chi connectivity index (χ0) is 15.8. The first-order chi connectivity index (χ1) is 9.73. The van der Waals surface area contributed by atoms with Crippen molar-refractivity contribution in [3.05, 3.63) is 0 Å². The lowest BCUT2D eigenvalue weighted by Gasteiger charge is -2.52. The lowest BCUT2D eigenvalue weighted by atomic mass is 9.64. The van der Waals surface area contributed by atoms with Crippen LogP contribution >= 0.6 is 0 Å². The summed E-state index contributed by atoms with van der Waals surface area (Å²) in [6.45, 7) is 8.89. The number of rotatable bonds is 4. The second kappa shape index (κ2) is 5.48. The van der Waals surface area contributed by atoms with Crippen LogP contribution in [0.1, 0.15) is 47.0 Å². The molecule has 0 aromatic heterocycles. The lowest BCUT2D eigenvalue weighted by molar-refractivity contribution is -0.147. The molecular weight excluding hydrogens is 272 g/mol. The maximum atomic E-state index is 12.4. The highest BCUT2D eigenvalue weighted by Crippen LogP contribution is 2.43. The topological polar surface area (TPSA) is 78.9 Å². The van der Waals surface area contributed by atoms with Crippen molar-refractivity contribution in [3.63, 3.8) is 0 Å². The molecule has 1 aliphatic carbocycles. The number of hydrogen-bond acceptors (Lipinski definition) is 3. The Balaban J connectivity index is 1.98. The quantitative estimate of drug-likeness (QED) is 0.830. The number of amides is 2. The van der Waals surface area contributed by atoms with Crippen LogP contribution in [0.4, 0.5) is 4.79 Å². The summed E-state index contributed by atoms with van der Waals surface area (Å²) >= 11 is 0. The van der Waals surface area contributed by atoms with E-state index in [1.807, 2.05) is 6.92 Å². The van der Waals surface area contributed by atoms with E-state index in [9.17, 15) is 14.7 Å². The fourth-order valence-electron chi connectivity index (χ4n) is 3.35. The van der Waals surface area contributed by atoms with Crippen molar-refractivity contribution in [2.75, 3.05) is 13.2 Å². The van der Waals surface area contributed by atoms with E-state index in [1.54, 1.807) is 6.92 Å². The second-order valence-corrected chi connectivity index (χ2v) is 6.84. The molecule has 0 aromatic rings. The first-order valence-corrected chi connectivity index (χ1v) is 7.66. The number of nitrogens with one attached hydrogen (secondary N) is 1. The molecule has 2 rings (SSSR count). The summed E-state index contributed by atoms with van der Waals surface area (Å²) in [4.78, 5) is 25.3. The minimum absolute atomic E-state index is 0.0280. The molecule has 1 saturated heterocycles. The number of nitrogens with zero attached hydrogens (tertiary/aromatic N) is 1. The van der Waals surface area contributed by atoms with Gasteiger partial charge >= 0.3 is 12.0 Å². The summed E-state index contributed by atoms with van der Waals surface area (Å²) in [5, 5.41) is 12.4. The highest BCUT2D eigenvalue weighted by atomic mass is 16.5. The van der Waals surface area contributed by atoms with Gasteiger partial charge < -0.3 is 20.1 Å². The number of carbonyl (C=O) groups is 2. The molecule has 0 bridgehead atoms. The van der Waals surface area contributed by atoms with E-state index >= 15 is 0 Å². The first-order valence-electron chi connectivity index (χ1n) is 7.66. The van der Waals surface area contributed by atoms with Crippen LogP contribution in [-0.2, 0) is 9.53 Å². The van der Waals surface area contributed by atoms with Gasteiger partial charge in [-0.25, -0.2) is 9.59 Å². The third-order valence-electron chi connectivity index (χ3n) is 5.19. The predicted molar refractivity (Wildman–Crippen MR) is 78.1 cm³/mol. The van der Waals surface area contributed by atoms with E-state index in [4.69, 9.17) is 4.74 Å². The monoisotopic (exact) mass is 298 g/mol. The molecule has 2 fully saturated rings. The largest absolute Gasteiger partial charge is 0.480 e. The van der Waals surface area contributed by atoms with Crippen molar-refractivity contribution in [2.45, 2.75) is 64.6 Å². The van der Waals surface area contributed by atoms with E-state index in [2.05, 4.69) is 19.2 Å². The molecule has 2 aliphatic rings. The smallest absolute Gasteiger partial charge is 0.329 e. The highest BCUT2D eigenvalue weighted by Gasteiger charge is 2.52. The molecule has 1 saturated carbocycles. The Morgan fingerprint density at radius 3 is 2.57 bits per heavy atom. The number of likely N-dealkylation sites (tertiary alicyclic amines) is 1. The van der Waals surface area contributed by atoms with Gasteiger partial charge in [0, 0.05) is 24.6 Å². The van der Waals surface area contributed by atoms with Crippen LogP contribution in [0.2, 0.25) is 0 Å². The van der Waals surface area contributed by atoms with E-state index in [0.29, 0.717) is 19.6 Å². The predicted octanol–water partition coefficient (Wildman–Crippen LogP) is 1.84. The molecule has 6 nitrogen and oxygen atoms in total. The third kappa shape index (κ3) is 2.61.